The number of fused-ring (bicyclic) bond motifs is 3. The summed E-state index contributed by atoms with van der Waals surface area (Å²) in [7, 11) is 1.70. The molecule has 2 N–H and O–H groups in total. The molecule has 0 aliphatic heterocycles. The van der Waals surface area contributed by atoms with Crippen molar-refractivity contribution in [1.82, 2.24) is 4.98 Å². The summed E-state index contributed by atoms with van der Waals surface area (Å²) in [6.07, 6.45) is 3.06. The Hall–Kier alpha value is -1.39. The van der Waals surface area contributed by atoms with Gasteiger partial charge in [-0.25, -0.2) is 4.98 Å². The summed E-state index contributed by atoms with van der Waals surface area (Å²) in [6.45, 7) is 0.664. The zero-order chi connectivity index (χ0) is 12.5. The lowest BCUT2D eigenvalue weighted by atomic mass is 9.93. The van der Waals surface area contributed by atoms with Crippen LogP contribution in [0.1, 0.15) is 15.4 Å². The molecule has 1 aliphatic carbocycles. The Bertz CT molecular complexity index is 577. The second-order valence-electron chi connectivity index (χ2n) is 4.44. The molecule has 18 heavy (non-hydrogen) atoms. The monoisotopic (exact) mass is 260 g/mol. The van der Waals surface area contributed by atoms with Crippen molar-refractivity contribution < 1.29 is 4.74 Å². The van der Waals surface area contributed by atoms with Gasteiger partial charge in [0.05, 0.1) is 17.8 Å². The van der Waals surface area contributed by atoms with Crippen molar-refractivity contribution >= 4 is 11.3 Å². The highest BCUT2D eigenvalue weighted by atomic mass is 32.1. The van der Waals surface area contributed by atoms with Gasteiger partial charge in [0.2, 0.25) is 0 Å². The maximum atomic E-state index is 5.61. The Morgan fingerprint density at radius 3 is 3.06 bits per heavy atom. The summed E-state index contributed by atoms with van der Waals surface area (Å²) < 4.78 is 5.31. The molecule has 4 heteroatoms. The van der Waals surface area contributed by atoms with Crippen LogP contribution in [0.25, 0.3) is 11.3 Å². The molecule has 2 aromatic rings. The maximum Gasteiger partial charge on any atom is 0.119 e. The summed E-state index contributed by atoms with van der Waals surface area (Å²) in [5.74, 6) is 0.898. The number of hydrogen-bond acceptors (Lipinski definition) is 4. The van der Waals surface area contributed by atoms with Crippen LogP contribution < -0.4 is 10.5 Å². The van der Waals surface area contributed by atoms with E-state index >= 15 is 0 Å². The van der Waals surface area contributed by atoms with E-state index in [9.17, 15) is 0 Å². The maximum absolute atomic E-state index is 5.61. The fraction of sp³-hybridized carbons (Fsp3) is 0.357. The van der Waals surface area contributed by atoms with E-state index in [1.807, 2.05) is 6.07 Å². The highest BCUT2D eigenvalue weighted by molar-refractivity contribution is 7.12. The third-order valence-corrected chi connectivity index (χ3v) is 4.47. The van der Waals surface area contributed by atoms with Crippen LogP contribution in [0.15, 0.2) is 18.2 Å². The van der Waals surface area contributed by atoms with Gasteiger partial charge in [-0.15, -0.1) is 11.3 Å². The predicted molar refractivity (Wildman–Crippen MR) is 74.3 cm³/mol. The predicted octanol–water partition coefficient (Wildman–Crippen LogP) is 2.42. The van der Waals surface area contributed by atoms with Crippen molar-refractivity contribution in [3.8, 4) is 17.0 Å². The van der Waals surface area contributed by atoms with E-state index in [-0.39, 0.29) is 0 Å². The molecule has 0 saturated heterocycles. The van der Waals surface area contributed by atoms with Crippen LogP contribution in [-0.4, -0.2) is 18.6 Å². The van der Waals surface area contributed by atoms with Gasteiger partial charge in [0.25, 0.3) is 0 Å². The lowest BCUT2D eigenvalue weighted by Gasteiger charge is -2.15. The molecule has 0 radical (unpaired) electrons. The Balaban J connectivity index is 2.08. The largest absolute Gasteiger partial charge is 0.497 e. The second kappa shape index (κ2) is 4.71. The van der Waals surface area contributed by atoms with Crippen LogP contribution in [0.3, 0.4) is 0 Å². The number of rotatable bonds is 3. The summed E-state index contributed by atoms with van der Waals surface area (Å²) >= 11 is 1.81. The van der Waals surface area contributed by atoms with Crippen LogP contribution >= 0.6 is 11.3 Å². The smallest absolute Gasteiger partial charge is 0.119 e. The van der Waals surface area contributed by atoms with Gasteiger partial charge in [0.1, 0.15) is 5.75 Å². The van der Waals surface area contributed by atoms with Crippen LogP contribution in [0, 0.1) is 0 Å². The van der Waals surface area contributed by atoms with Gasteiger partial charge in [0.15, 0.2) is 0 Å². The molecule has 3 nitrogen and oxygen atoms in total. The third-order valence-electron chi connectivity index (χ3n) is 3.29. The van der Waals surface area contributed by atoms with Crippen molar-refractivity contribution in [2.45, 2.75) is 19.3 Å². The number of nitrogens with zero attached hydrogens (tertiary/aromatic N) is 1. The zero-order valence-corrected chi connectivity index (χ0v) is 11.2. The molecular weight excluding hydrogens is 244 g/mol. The number of benzene rings is 1. The average Bonchev–Trinajstić information content (AvgIpc) is 2.81. The van der Waals surface area contributed by atoms with Crippen LogP contribution in [0.4, 0.5) is 0 Å². The third kappa shape index (κ3) is 1.91. The number of thiazole rings is 1. The lowest BCUT2D eigenvalue weighted by molar-refractivity contribution is 0.415. The number of aromatic nitrogens is 1. The molecule has 0 spiro atoms. The summed E-state index contributed by atoms with van der Waals surface area (Å²) in [6, 6.07) is 6.27. The van der Waals surface area contributed by atoms with Gasteiger partial charge in [-0.2, -0.15) is 0 Å². The molecule has 1 aromatic carbocycles. The van der Waals surface area contributed by atoms with Crippen LogP contribution in [-0.2, 0) is 19.3 Å². The number of nitrogens with two attached hydrogens (primary N) is 1. The zero-order valence-electron chi connectivity index (χ0n) is 10.4. The van der Waals surface area contributed by atoms with Crippen molar-refractivity contribution in [1.29, 1.82) is 0 Å². The Morgan fingerprint density at radius 2 is 2.28 bits per heavy atom. The topological polar surface area (TPSA) is 48.1 Å². The fourth-order valence-electron chi connectivity index (χ4n) is 2.38. The van der Waals surface area contributed by atoms with E-state index in [1.165, 1.54) is 16.0 Å². The fourth-order valence-corrected chi connectivity index (χ4v) is 3.48. The van der Waals surface area contributed by atoms with Crippen molar-refractivity contribution in [3.63, 3.8) is 0 Å². The molecule has 0 bridgehead atoms. The number of methoxy groups -OCH3 is 1. The first kappa shape index (κ1) is 11.7. The minimum Gasteiger partial charge on any atom is -0.497 e. The Morgan fingerprint density at radius 1 is 1.39 bits per heavy atom. The Kier molecular flexibility index (Phi) is 3.06. The summed E-state index contributed by atoms with van der Waals surface area (Å²) in [5.41, 5.74) is 9.35. The first-order chi connectivity index (χ1) is 8.81. The molecule has 3 rings (SSSR count). The van der Waals surface area contributed by atoms with Crippen molar-refractivity contribution in [3.05, 3.63) is 33.6 Å². The van der Waals surface area contributed by atoms with Crippen molar-refractivity contribution in [2.24, 2.45) is 5.73 Å². The average molecular weight is 260 g/mol. The van der Waals surface area contributed by atoms with Gasteiger partial charge >= 0.3 is 0 Å². The van der Waals surface area contributed by atoms with E-state index < -0.39 is 0 Å². The van der Waals surface area contributed by atoms with Crippen molar-refractivity contribution in [2.75, 3.05) is 13.7 Å². The van der Waals surface area contributed by atoms with E-state index in [1.54, 1.807) is 18.4 Å². The quantitative estimate of drug-likeness (QED) is 0.922. The minimum absolute atomic E-state index is 0.664. The molecular formula is C14H16N2OS. The highest BCUT2D eigenvalue weighted by Crippen LogP contribution is 2.38. The molecule has 1 aromatic heterocycles. The normalized spacial score (nSPS) is 13.0. The number of aryl methyl sites for hydroxylation is 2. The standard InChI is InChI=1S/C14H16N2OS/c1-17-10-4-2-9-3-5-12-14(11(9)8-10)16-13(18-12)6-7-15/h2,4,8H,3,5-7,15H2,1H3. The summed E-state index contributed by atoms with van der Waals surface area (Å²) in [5, 5.41) is 1.15. The molecule has 0 fully saturated rings. The van der Waals surface area contributed by atoms with E-state index in [0.29, 0.717) is 6.54 Å². The molecule has 1 aliphatic rings. The molecule has 0 unspecified atom stereocenters. The van der Waals surface area contributed by atoms with Gasteiger partial charge in [0, 0.05) is 16.9 Å². The van der Waals surface area contributed by atoms with Gasteiger partial charge in [-0.05, 0) is 37.1 Å². The summed E-state index contributed by atoms with van der Waals surface area (Å²) in [4.78, 5) is 6.13. The molecule has 0 amide bonds. The van der Waals surface area contributed by atoms with E-state index in [0.717, 1.165) is 35.7 Å². The minimum atomic E-state index is 0.664. The molecule has 94 valence electrons. The Labute approximate surface area is 111 Å². The molecule has 1 heterocycles. The van der Waals surface area contributed by atoms with Crippen LogP contribution in [0.2, 0.25) is 0 Å². The van der Waals surface area contributed by atoms with E-state index in [2.05, 4.69) is 12.1 Å². The van der Waals surface area contributed by atoms with Gasteiger partial charge in [-0.3, -0.25) is 0 Å². The van der Waals surface area contributed by atoms with E-state index in [4.69, 9.17) is 15.5 Å². The van der Waals surface area contributed by atoms with Gasteiger partial charge in [-0.1, -0.05) is 6.07 Å². The number of ether oxygens (including phenoxy) is 1. The second-order valence-corrected chi connectivity index (χ2v) is 5.61. The first-order valence-electron chi connectivity index (χ1n) is 6.17. The first-order valence-corrected chi connectivity index (χ1v) is 6.99. The highest BCUT2D eigenvalue weighted by Gasteiger charge is 2.21. The van der Waals surface area contributed by atoms with Gasteiger partial charge < -0.3 is 10.5 Å². The lowest BCUT2D eigenvalue weighted by Crippen LogP contribution is -2.03. The van der Waals surface area contributed by atoms with Crippen LogP contribution in [0.5, 0.6) is 5.75 Å². The SMILES string of the molecule is COc1ccc2c(c1)-c1nc(CCN)sc1CC2. The molecule has 0 saturated carbocycles. The number of hydrogen-bond donors (Lipinski definition) is 1. The molecule has 0 atom stereocenters.